The maximum absolute atomic E-state index is 13.1. The second-order valence-electron chi connectivity index (χ2n) is 8.22. The summed E-state index contributed by atoms with van der Waals surface area (Å²) in [6, 6.07) is 18.4. The van der Waals surface area contributed by atoms with Crippen LogP contribution in [0.2, 0.25) is 0 Å². The molecule has 0 spiro atoms. The van der Waals surface area contributed by atoms with Crippen LogP contribution in [-0.4, -0.2) is 16.7 Å². The molecule has 2 atom stereocenters. The Labute approximate surface area is 174 Å². The SMILES string of the molecule is CCC[C@]1(CCc2ccccc2)CC(O)=C(C(CC)c2cccc(C)c2)C(=O)O1. The van der Waals surface area contributed by atoms with Crippen LogP contribution in [0.5, 0.6) is 0 Å². The number of cyclic esters (lactones) is 1. The number of carbonyl (C=O) groups excluding carboxylic acids is 1. The van der Waals surface area contributed by atoms with E-state index in [0.29, 0.717) is 12.0 Å². The number of hydrogen-bond donors (Lipinski definition) is 1. The summed E-state index contributed by atoms with van der Waals surface area (Å²) in [6.07, 6.45) is 4.34. The summed E-state index contributed by atoms with van der Waals surface area (Å²) in [5.41, 5.74) is 3.23. The van der Waals surface area contributed by atoms with E-state index in [0.717, 1.165) is 43.2 Å². The molecule has 0 aliphatic carbocycles. The largest absolute Gasteiger partial charge is 0.512 e. The molecule has 0 saturated heterocycles. The molecule has 3 heteroatoms. The summed E-state index contributed by atoms with van der Waals surface area (Å²) in [5, 5.41) is 11.0. The maximum atomic E-state index is 13.1. The van der Waals surface area contributed by atoms with Gasteiger partial charge in [0, 0.05) is 12.3 Å². The van der Waals surface area contributed by atoms with Gasteiger partial charge in [-0.15, -0.1) is 0 Å². The average molecular weight is 393 g/mol. The van der Waals surface area contributed by atoms with Gasteiger partial charge in [-0.2, -0.15) is 0 Å². The standard InChI is InChI=1S/C26H32O3/c1-4-15-26(16-14-20-11-7-6-8-12-20)18-23(27)24(25(28)29-26)22(5-2)21-13-9-10-19(3)17-21/h6-13,17,22,27H,4-5,14-16,18H2,1-3H3/t22?,26-/m0/s1. The van der Waals surface area contributed by atoms with Crippen LogP contribution in [0.3, 0.4) is 0 Å². The first-order chi connectivity index (χ1) is 14.0. The number of carbonyl (C=O) groups is 1. The molecule has 0 bridgehead atoms. The first kappa shape index (κ1) is 21.2. The lowest BCUT2D eigenvalue weighted by atomic mass is 9.80. The Hall–Kier alpha value is -2.55. The Morgan fingerprint density at radius 3 is 2.45 bits per heavy atom. The van der Waals surface area contributed by atoms with Gasteiger partial charge in [0.1, 0.15) is 11.4 Å². The van der Waals surface area contributed by atoms with Crippen molar-refractivity contribution in [1.29, 1.82) is 0 Å². The third-order valence-corrected chi connectivity index (χ3v) is 5.95. The lowest BCUT2D eigenvalue weighted by Crippen LogP contribution is -2.41. The number of benzene rings is 2. The van der Waals surface area contributed by atoms with Crippen LogP contribution in [-0.2, 0) is 16.0 Å². The minimum absolute atomic E-state index is 0.142. The van der Waals surface area contributed by atoms with Crippen molar-refractivity contribution in [2.75, 3.05) is 0 Å². The average Bonchev–Trinajstić information content (AvgIpc) is 2.70. The van der Waals surface area contributed by atoms with Gasteiger partial charge in [0.25, 0.3) is 0 Å². The highest BCUT2D eigenvalue weighted by molar-refractivity contribution is 5.92. The van der Waals surface area contributed by atoms with E-state index in [2.05, 4.69) is 25.1 Å². The molecule has 1 heterocycles. The molecule has 0 aromatic heterocycles. The van der Waals surface area contributed by atoms with Gasteiger partial charge in [-0.3, -0.25) is 0 Å². The minimum atomic E-state index is -0.625. The Kier molecular flexibility index (Phi) is 6.79. The molecule has 2 aromatic carbocycles. The molecule has 154 valence electrons. The van der Waals surface area contributed by atoms with E-state index in [1.54, 1.807) is 0 Å². The minimum Gasteiger partial charge on any atom is -0.512 e. The molecule has 1 N–H and O–H groups in total. The summed E-state index contributed by atoms with van der Waals surface area (Å²) in [7, 11) is 0. The zero-order valence-corrected chi connectivity index (χ0v) is 17.8. The zero-order chi connectivity index (χ0) is 20.9. The van der Waals surface area contributed by atoms with Crippen molar-refractivity contribution in [3.8, 4) is 0 Å². The highest BCUT2D eigenvalue weighted by Gasteiger charge is 2.43. The van der Waals surface area contributed by atoms with Crippen molar-refractivity contribution in [3.05, 3.63) is 82.6 Å². The zero-order valence-electron chi connectivity index (χ0n) is 17.8. The first-order valence-electron chi connectivity index (χ1n) is 10.7. The van der Waals surface area contributed by atoms with Gasteiger partial charge < -0.3 is 9.84 Å². The third kappa shape index (κ3) is 4.90. The van der Waals surface area contributed by atoms with E-state index in [9.17, 15) is 9.90 Å². The molecule has 3 nitrogen and oxygen atoms in total. The maximum Gasteiger partial charge on any atom is 0.338 e. The predicted octanol–water partition coefficient (Wildman–Crippen LogP) is 6.42. The normalized spacial score (nSPS) is 20.4. The van der Waals surface area contributed by atoms with Crippen molar-refractivity contribution in [3.63, 3.8) is 0 Å². The molecule has 1 aliphatic heterocycles. The number of esters is 1. The molecule has 1 unspecified atom stereocenters. The van der Waals surface area contributed by atoms with Gasteiger partial charge in [0.05, 0.1) is 5.57 Å². The molecule has 0 saturated carbocycles. The topological polar surface area (TPSA) is 46.5 Å². The van der Waals surface area contributed by atoms with E-state index in [1.807, 2.05) is 50.2 Å². The van der Waals surface area contributed by atoms with Gasteiger partial charge in [-0.25, -0.2) is 4.79 Å². The quantitative estimate of drug-likeness (QED) is 0.527. The van der Waals surface area contributed by atoms with Crippen molar-refractivity contribution in [1.82, 2.24) is 0 Å². The van der Waals surface area contributed by atoms with Gasteiger partial charge in [-0.1, -0.05) is 80.4 Å². The number of aliphatic hydroxyl groups is 1. The lowest BCUT2D eigenvalue weighted by Gasteiger charge is -2.38. The van der Waals surface area contributed by atoms with Crippen molar-refractivity contribution in [2.24, 2.45) is 0 Å². The van der Waals surface area contributed by atoms with Crippen molar-refractivity contribution >= 4 is 5.97 Å². The number of hydrogen-bond acceptors (Lipinski definition) is 3. The van der Waals surface area contributed by atoms with Crippen molar-refractivity contribution < 1.29 is 14.6 Å². The molecule has 2 aromatic rings. The Bertz CT molecular complexity index is 869. The van der Waals surface area contributed by atoms with Crippen LogP contribution in [0.4, 0.5) is 0 Å². The predicted molar refractivity (Wildman–Crippen MR) is 117 cm³/mol. The highest BCUT2D eigenvalue weighted by atomic mass is 16.6. The van der Waals surface area contributed by atoms with Crippen LogP contribution < -0.4 is 0 Å². The van der Waals surface area contributed by atoms with E-state index in [-0.39, 0.29) is 17.6 Å². The van der Waals surface area contributed by atoms with Crippen molar-refractivity contribution in [2.45, 2.75) is 70.8 Å². The van der Waals surface area contributed by atoms with Crippen LogP contribution >= 0.6 is 0 Å². The molecule has 1 aliphatic rings. The number of aliphatic hydroxyl groups excluding tert-OH is 1. The lowest BCUT2D eigenvalue weighted by molar-refractivity contribution is -0.161. The first-order valence-corrected chi connectivity index (χ1v) is 10.7. The molecule has 29 heavy (non-hydrogen) atoms. The van der Waals surface area contributed by atoms with Gasteiger partial charge >= 0.3 is 5.97 Å². The summed E-state index contributed by atoms with van der Waals surface area (Å²) >= 11 is 0. The highest BCUT2D eigenvalue weighted by Crippen LogP contribution is 2.41. The second-order valence-corrected chi connectivity index (χ2v) is 8.22. The Morgan fingerprint density at radius 1 is 1.07 bits per heavy atom. The molecule has 3 rings (SSSR count). The van der Waals surface area contributed by atoms with Crippen LogP contribution in [0, 0.1) is 6.92 Å². The molecule has 0 fully saturated rings. The second kappa shape index (κ2) is 9.30. The van der Waals surface area contributed by atoms with Crippen LogP contribution in [0.25, 0.3) is 0 Å². The van der Waals surface area contributed by atoms with Crippen LogP contribution in [0.15, 0.2) is 65.9 Å². The Morgan fingerprint density at radius 2 is 1.83 bits per heavy atom. The summed E-state index contributed by atoms with van der Waals surface area (Å²) < 4.78 is 6.10. The van der Waals surface area contributed by atoms with Gasteiger partial charge in [0.15, 0.2) is 0 Å². The van der Waals surface area contributed by atoms with E-state index in [1.165, 1.54) is 5.56 Å². The number of rotatable bonds is 8. The third-order valence-electron chi connectivity index (χ3n) is 5.95. The fourth-order valence-corrected chi connectivity index (χ4v) is 4.52. The summed E-state index contributed by atoms with van der Waals surface area (Å²) in [5.74, 6) is -0.295. The monoisotopic (exact) mass is 392 g/mol. The van der Waals surface area contributed by atoms with Crippen LogP contribution in [0.1, 0.15) is 68.6 Å². The Balaban J connectivity index is 1.87. The van der Waals surface area contributed by atoms with E-state index in [4.69, 9.17) is 4.74 Å². The molecule has 0 amide bonds. The fraction of sp³-hybridized carbons (Fsp3) is 0.423. The molecular formula is C26H32O3. The van der Waals surface area contributed by atoms with Gasteiger partial charge in [-0.05, 0) is 43.7 Å². The number of ether oxygens (including phenoxy) is 1. The fourth-order valence-electron chi connectivity index (χ4n) is 4.52. The summed E-state index contributed by atoms with van der Waals surface area (Å²) in [6.45, 7) is 6.18. The van der Waals surface area contributed by atoms with Gasteiger partial charge in [0.2, 0.25) is 0 Å². The molecule has 0 radical (unpaired) electrons. The summed E-state index contributed by atoms with van der Waals surface area (Å²) in [4.78, 5) is 13.1. The van der Waals surface area contributed by atoms with E-state index < -0.39 is 5.60 Å². The number of aryl methyl sites for hydroxylation is 2. The molecular weight excluding hydrogens is 360 g/mol. The smallest absolute Gasteiger partial charge is 0.338 e. The van der Waals surface area contributed by atoms with E-state index >= 15 is 0 Å².